The summed E-state index contributed by atoms with van der Waals surface area (Å²) in [6.07, 6.45) is 2.02. The number of fused-ring (bicyclic) bond motifs is 1. The molecule has 1 unspecified atom stereocenters. The number of nitrogens with two attached hydrogens (primary N) is 1. The lowest BCUT2D eigenvalue weighted by atomic mass is 9.98. The number of hydrogen-bond donors (Lipinski definition) is 2. The highest BCUT2D eigenvalue weighted by Crippen LogP contribution is 2.41. The number of sulfonamides is 1. The molecular formula is C14H20N2O4S. The Labute approximate surface area is 124 Å². The molecule has 2 aliphatic rings. The topological polar surface area (TPSA) is 90.7 Å². The van der Waals surface area contributed by atoms with Crippen LogP contribution in [0.15, 0.2) is 17.0 Å². The average Bonchev–Trinajstić information content (AvgIpc) is 3.18. The molecule has 1 aliphatic heterocycles. The van der Waals surface area contributed by atoms with Gasteiger partial charge in [-0.1, -0.05) is 0 Å². The zero-order valence-electron chi connectivity index (χ0n) is 12.2. The number of aryl methyl sites for hydroxylation is 1. The summed E-state index contributed by atoms with van der Waals surface area (Å²) < 4.78 is 38.7. The van der Waals surface area contributed by atoms with Crippen LogP contribution in [0.3, 0.4) is 0 Å². The molecule has 3 N–H and O–H groups in total. The molecule has 6 nitrogen and oxygen atoms in total. The first-order valence-corrected chi connectivity index (χ1v) is 8.48. The van der Waals surface area contributed by atoms with E-state index in [2.05, 4.69) is 4.72 Å². The third kappa shape index (κ3) is 2.61. The van der Waals surface area contributed by atoms with Gasteiger partial charge in [0, 0.05) is 18.2 Å². The van der Waals surface area contributed by atoms with E-state index in [1.165, 1.54) is 6.07 Å². The van der Waals surface area contributed by atoms with Gasteiger partial charge >= 0.3 is 0 Å². The minimum atomic E-state index is -3.65. The zero-order chi connectivity index (χ0) is 15.3. The fourth-order valence-electron chi connectivity index (χ4n) is 2.69. The molecule has 1 aliphatic carbocycles. The molecule has 1 aromatic carbocycles. The molecule has 0 spiro atoms. The van der Waals surface area contributed by atoms with E-state index in [1.807, 2.05) is 6.92 Å². The van der Waals surface area contributed by atoms with Crippen molar-refractivity contribution in [3.05, 3.63) is 17.7 Å². The van der Waals surface area contributed by atoms with Crippen LogP contribution < -0.4 is 19.9 Å². The molecule has 1 aromatic rings. The molecular weight excluding hydrogens is 292 g/mol. The highest BCUT2D eigenvalue weighted by Gasteiger charge is 2.43. The largest absolute Gasteiger partial charge is 0.454 e. The molecule has 1 heterocycles. The van der Waals surface area contributed by atoms with Crippen molar-refractivity contribution in [1.82, 2.24) is 4.72 Å². The highest BCUT2D eigenvalue weighted by atomic mass is 32.2. The van der Waals surface area contributed by atoms with Crippen LogP contribution in [0.2, 0.25) is 0 Å². The summed E-state index contributed by atoms with van der Waals surface area (Å²) in [5, 5.41) is 0. The summed E-state index contributed by atoms with van der Waals surface area (Å²) in [4.78, 5) is 0.215. The number of rotatable bonds is 5. The highest BCUT2D eigenvalue weighted by molar-refractivity contribution is 7.89. The lowest BCUT2D eigenvalue weighted by molar-refractivity contribution is 0.174. The predicted octanol–water partition coefficient (Wildman–Crippen LogP) is 1.13. The normalized spacial score (nSPS) is 20.3. The van der Waals surface area contributed by atoms with Gasteiger partial charge in [0.2, 0.25) is 16.8 Å². The fourth-order valence-corrected chi connectivity index (χ4v) is 4.41. The van der Waals surface area contributed by atoms with Crippen LogP contribution in [0, 0.1) is 12.8 Å². The average molecular weight is 312 g/mol. The minimum absolute atomic E-state index is 0.119. The van der Waals surface area contributed by atoms with Crippen LogP contribution in [-0.4, -0.2) is 27.3 Å². The van der Waals surface area contributed by atoms with Crippen molar-refractivity contribution in [3.63, 3.8) is 0 Å². The Kier molecular flexibility index (Phi) is 3.38. The van der Waals surface area contributed by atoms with E-state index in [9.17, 15) is 8.42 Å². The molecule has 0 saturated heterocycles. The van der Waals surface area contributed by atoms with Gasteiger partial charge in [0.05, 0.1) is 4.90 Å². The Morgan fingerprint density at radius 1 is 1.33 bits per heavy atom. The minimum Gasteiger partial charge on any atom is -0.454 e. The first-order chi connectivity index (χ1) is 9.86. The molecule has 0 radical (unpaired) electrons. The van der Waals surface area contributed by atoms with Gasteiger partial charge in [-0.25, -0.2) is 13.1 Å². The fraction of sp³-hybridized carbons (Fsp3) is 0.571. The molecule has 116 valence electrons. The zero-order valence-corrected chi connectivity index (χ0v) is 13.0. The summed E-state index contributed by atoms with van der Waals surface area (Å²) in [7, 11) is -3.65. The third-order valence-corrected chi connectivity index (χ3v) is 5.98. The maximum atomic E-state index is 12.7. The predicted molar refractivity (Wildman–Crippen MR) is 77.8 cm³/mol. The van der Waals surface area contributed by atoms with Crippen LogP contribution in [-0.2, 0) is 10.0 Å². The Morgan fingerprint density at radius 3 is 2.52 bits per heavy atom. The van der Waals surface area contributed by atoms with Crippen molar-refractivity contribution in [3.8, 4) is 11.5 Å². The van der Waals surface area contributed by atoms with Crippen LogP contribution in [0.4, 0.5) is 0 Å². The summed E-state index contributed by atoms with van der Waals surface area (Å²) in [6, 6.07) is 3.21. The second-order valence-electron chi connectivity index (χ2n) is 5.97. The molecule has 7 heteroatoms. The lowest BCUT2D eigenvalue weighted by Gasteiger charge is -2.29. The van der Waals surface area contributed by atoms with Gasteiger partial charge in [-0.3, -0.25) is 0 Å². The van der Waals surface area contributed by atoms with Gasteiger partial charge in [0.15, 0.2) is 11.5 Å². The molecule has 21 heavy (non-hydrogen) atoms. The van der Waals surface area contributed by atoms with Crippen molar-refractivity contribution in [2.75, 3.05) is 13.3 Å². The van der Waals surface area contributed by atoms with Crippen LogP contribution in [0.25, 0.3) is 0 Å². The van der Waals surface area contributed by atoms with E-state index in [1.54, 1.807) is 13.0 Å². The van der Waals surface area contributed by atoms with Gasteiger partial charge in [-0.05, 0) is 44.2 Å². The van der Waals surface area contributed by atoms with Crippen molar-refractivity contribution in [1.29, 1.82) is 0 Å². The molecule has 1 fully saturated rings. The van der Waals surface area contributed by atoms with E-state index in [0.29, 0.717) is 23.0 Å². The summed E-state index contributed by atoms with van der Waals surface area (Å²) in [6.45, 7) is 4.01. The summed E-state index contributed by atoms with van der Waals surface area (Å²) in [5.41, 5.74) is 5.82. The first kappa shape index (κ1) is 14.6. The second-order valence-corrected chi connectivity index (χ2v) is 7.62. The lowest BCUT2D eigenvalue weighted by Crippen LogP contribution is -2.53. The van der Waals surface area contributed by atoms with E-state index in [0.717, 1.165) is 12.8 Å². The third-order valence-electron chi connectivity index (χ3n) is 4.23. The van der Waals surface area contributed by atoms with Gasteiger partial charge in [0.1, 0.15) is 0 Å². The van der Waals surface area contributed by atoms with Gasteiger partial charge < -0.3 is 15.2 Å². The molecule has 1 atom stereocenters. The van der Waals surface area contributed by atoms with E-state index < -0.39 is 15.6 Å². The molecule has 3 rings (SSSR count). The standard InChI is InChI=1S/C14H20N2O4S/c1-9-5-11-12(20-8-19-11)6-13(9)21(17,18)16-14(2,7-15)10-3-4-10/h5-6,10,16H,3-4,7-8,15H2,1-2H3. The van der Waals surface area contributed by atoms with E-state index in [4.69, 9.17) is 15.2 Å². The maximum Gasteiger partial charge on any atom is 0.241 e. The number of benzene rings is 1. The van der Waals surface area contributed by atoms with Crippen molar-refractivity contribution in [2.24, 2.45) is 11.7 Å². The number of ether oxygens (including phenoxy) is 2. The smallest absolute Gasteiger partial charge is 0.241 e. The van der Waals surface area contributed by atoms with E-state index in [-0.39, 0.29) is 18.2 Å². The van der Waals surface area contributed by atoms with Gasteiger partial charge in [-0.15, -0.1) is 0 Å². The second kappa shape index (κ2) is 4.86. The Hall–Kier alpha value is -1.31. The maximum absolute atomic E-state index is 12.7. The summed E-state index contributed by atoms with van der Waals surface area (Å²) in [5.74, 6) is 1.35. The molecule has 0 amide bonds. The van der Waals surface area contributed by atoms with Crippen molar-refractivity contribution < 1.29 is 17.9 Å². The monoisotopic (exact) mass is 312 g/mol. The van der Waals surface area contributed by atoms with Crippen LogP contribution in [0.5, 0.6) is 11.5 Å². The SMILES string of the molecule is Cc1cc2c(cc1S(=O)(=O)NC(C)(CN)C1CC1)OCO2. The Bertz CT molecular complexity index is 670. The Balaban J connectivity index is 1.95. The summed E-state index contributed by atoms with van der Waals surface area (Å²) >= 11 is 0. The van der Waals surface area contributed by atoms with Gasteiger partial charge in [-0.2, -0.15) is 0 Å². The van der Waals surface area contributed by atoms with E-state index >= 15 is 0 Å². The molecule has 0 aromatic heterocycles. The molecule has 1 saturated carbocycles. The Morgan fingerprint density at radius 2 is 1.95 bits per heavy atom. The first-order valence-electron chi connectivity index (χ1n) is 7.00. The van der Waals surface area contributed by atoms with Crippen LogP contribution in [0.1, 0.15) is 25.3 Å². The number of hydrogen-bond acceptors (Lipinski definition) is 5. The van der Waals surface area contributed by atoms with Crippen molar-refractivity contribution >= 4 is 10.0 Å². The number of nitrogens with one attached hydrogen (secondary N) is 1. The molecule has 0 bridgehead atoms. The quantitative estimate of drug-likeness (QED) is 0.850. The van der Waals surface area contributed by atoms with Crippen LogP contribution >= 0.6 is 0 Å². The van der Waals surface area contributed by atoms with Crippen molar-refractivity contribution in [2.45, 2.75) is 37.1 Å². The van der Waals surface area contributed by atoms with Gasteiger partial charge in [0.25, 0.3) is 0 Å².